The van der Waals surface area contributed by atoms with Gasteiger partial charge in [-0.1, -0.05) is 23.7 Å². The number of benzene rings is 1. The highest BCUT2D eigenvalue weighted by Gasteiger charge is 2.38. The van der Waals surface area contributed by atoms with E-state index in [-0.39, 0.29) is 18.1 Å². The fraction of sp³-hybridized carbons (Fsp3) is 0.562. The molecule has 1 fully saturated rings. The summed E-state index contributed by atoms with van der Waals surface area (Å²) in [4.78, 5) is 14.3. The normalized spacial score (nSPS) is 23.3. The lowest BCUT2D eigenvalue weighted by molar-refractivity contribution is -0.160. The van der Waals surface area contributed by atoms with Gasteiger partial charge in [0.15, 0.2) is 0 Å². The molecular formula is C16H23ClN2O2. The van der Waals surface area contributed by atoms with E-state index in [1.54, 1.807) is 0 Å². The van der Waals surface area contributed by atoms with Gasteiger partial charge in [0, 0.05) is 18.1 Å². The van der Waals surface area contributed by atoms with E-state index < -0.39 is 5.60 Å². The number of hydrogen-bond acceptors (Lipinski definition) is 4. The van der Waals surface area contributed by atoms with Gasteiger partial charge in [-0.25, -0.2) is 0 Å². The Bertz CT molecular complexity index is 496. The maximum atomic E-state index is 12.2. The molecule has 21 heavy (non-hydrogen) atoms. The maximum absolute atomic E-state index is 12.2. The van der Waals surface area contributed by atoms with Gasteiger partial charge >= 0.3 is 5.97 Å². The van der Waals surface area contributed by atoms with Crippen LogP contribution < -0.4 is 5.73 Å². The lowest BCUT2D eigenvalue weighted by Gasteiger charge is -2.26. The number of carbonyl (C=O) groups is 1. The molecule has 2 unspecified atom stereocenters. The van der Waals surface area contributed by atoms with Crippen LogP contribution in [-0.2, 0) is 16.1 Å². The monoisotopic (exact) mass is 310 g/mol. The number of esters is 1. The molecule has 4 nitrogen and oxygen atoms in total. The molecular weight excluding hydrogens is 288 g/mol. The van der Waals surface area contributed by atoms with Crippen LogP contribution in [0.1, 0.15) is 32.8 Å². The minimum atomic E-state index is -0.472. The zero-order chi connectivity index (χ0) is 15.6. The van der Waals surface area contributed by atoms with Crippen molar-refractivity contribution in [2.75, 3.05) is 6.54 Å². The van der Waals surface area contributed by atoms with Crippen molar-refractivity contribution < 1.29 is 9.53 Å². The summed E-state index contributed by atoms with van der Waals surface area (Å²) in [5, 5.41) is 0.719. The molecule has 0 bridgehead atoms. The maximum Gasteiger partial charge on any atom is 0.312 e. The third-order valence-electron chi connectivity index (χ3n) is 3.57. The van der Waals surface area contributed by atoms with Crippen LogP contribution in [0.2, 0.25) is 5.02 Å². The Labute approximate surface area is 131 Å². The number of hydrogen-bond donors (Lipinski definition) is 1. The van der Waals surface area contributed by atoms with E-state index in [9.17, 15) is 4.79 Å². The van der Waals surface area contributed by atoms with Crippen LogP contribution in [-0.4, -0.2) is 29.2 Å². The van der Waals surface area contributed by atoms with E-state index in [4.69, 9.17) is 22.1 Å². The smallest absolute Gasteiger partial charge is 0.312 e. The number of ether oxygens (including phenoxy) is 1. The molecule has 2 rings (SSSR count). The van der Waals surface area contributed by atoms with Gasteiger partial charge in [0.1, 0.15) is 5.60 Å². The second kappa shape index (κ2) is 6.34. The van der Waals surface area contributed by atoms with E-state index in [0.717, 1.165) is 30.1 Å². The first kappa shape index (κ1) is 16.3. The first-order valence-corrected chi connectivity index (χ1v) is 7.61. The van der Waals surface area contributed by atoms with E-state index in [1.807, 2.05) is 45.0 Å². The van der Waals surface area contributed by atoms with Crippen LogP contribution in [0.4, 0.5) is 0 Å². The molecule has 2 N–H and O–H groups in total. The second-order valence-corrected chi connectivity index (χ2v) is 6.95. The van der Waals surface area contributed by atoms with Crippen molar-refractivity contribution in [1.29, 1.82) is 0 Å². The van der Waals surface area contributed by atoms with Crippen LogP contribution in [0.25, 0.3) is 0 Å². The lowest BCUT2D eigenvalue weighted by Crippen LogP contribution is -2.44. The molecule has 2 atom stereocenters. The molecule has 0 spiro atoms. The van der Waals surface area contributed by atoms with Gasteiger partial charge in [-0.15, -0.1) is 0 Å². The summed E-state index contributed by atoms with van der Waals surface area (Å²) in [6.07, 6.45) is 0.444. The SMILES string of the molecule is CC(C)(C)OC(=O)C1CCN(Cc2ccc(Cl)cc2)C1N. The number of halogens is 1. The minimum absolute atomic E-state index is 0.200. The van der Waals surface area contributed by atoms with Crippen molar-refractivity contribution in [3.05, 3.63) is 34.9 Å². The molecule has 1 aromatic carbocycles. The van der Waals surface area contributed by atoms with Gasteiger partial charge in [-0.2, -0.15) is 0 Å². The molecule has 116 valence electrons. The van der Waals surface area contributed by atoms with Gasteiger partial charge in [0.2, 0.25) is 0 Å². The van der Waals surface area contributed by atoms with Crippen molar-refractivity contribution in [3.8, 4) is 0 Å². The van der Waals surface area contributed by atoms with Crippen LogP contribution in [0, 0.1) is 5.92 Å². The molecule has 5 heteroatoms. The van der Waals surface area contributed by atoms with Crippen molar-refractivity contribution >= 4 is 17.6 Å². The van der Waals surface area contributed by atoms with E-state index in [0.29, 0.717) is 0 Å². The summed E-state index contributed by atoms with van der Waals surface area (Å²) in [6.45, 7) is 7.13. The molecule has 1 saturated heterocycles. The second-order valence-electron chi connectivity index (χ2n) is 6.52. The van der Waals surface area contributed by atoms with Crippen molar-refractivity contribution in [1.82, 2.24) is 4.90 Å². The van der Waals surface area contributed by atoms with Gasteiger partial charge in [0.05, 0.1) is 12.1 Å². The van der Waals surface area contributed by atoms with Crippen molar-refractivity contribution in [2.24, 2.45) is 11.7 Å². The molecule has 0 aliphatic carbocycles. The summed E-state index contributed by atoms with van der Waals surface area (Å²) in [5.74, 6) is -0.454. The average Bonchev–Trinajstić information content (AvgIpc) is 2.72. The molecule has 1 aliphatic heterocycles. The molecule has 0 aromatic heterocycles. The number of nitrogens with two attached hydrogens (primary N) is 1. The van der Waals surface area contributed by atoms with Crippen LogP contribution >= 0.6 is 11.6 Å². The van der Waals surface area contributed by atoms with E-state index in [2.05, 4.69) is 4.90 Å². The van der Waals surface area contributed by atoms with Crippen molar-refractivity contribution in [3.63, 3.8) is 0 Å². The highest BCUT2D eigenvalue weighted by atomic mass is 35.5. The van der Waals surface area contributed by atoms with E-state index >= 15 is 0 Å². The number of carbonyl (C=O) groups excluding carboxylic acids is 1. The highest BCUT2D eigenvalue weighted by molar-refractivity contribution is 6.30. The molecule has 0 radical (unpaired) electrons. The number of rotatable bonds is 3. The Kier molecular flexibility index (Phi) is 4.91. The zero-order valence-corrected chi connectivity index (χ0v) is 13.6. The van der Waals surface area contributed by atoms with Crippen LogP contribution in [0.3, 0.4) is 0 Å². The van der Waals surface area contributed by atoms with Gasteiger partial charge in [-0.3, -0.25) is 9.69 Å². The summed E-state index contributed by atoms with van der Waals surface area (Å²) in [6, 6.07) is 7.69. The van der Waals surface area contributed by atoms with Crippen molar-refractivity contribution in [2.45, 2.75) is 45.5 Å². The summed E-state index contributed by atoms with van der Waals surface area (Å²) in [7, 11) is 0. The Morgan fingerprint density at radius 1 is 1.38 bits per heavy atom. The zero-order valence-electron chi connectivity index (χ0n) is 12.8. The Morgan fingerprint density at radius 3 is 2.57 bits per heavy atom. The van der Waals surface area contributed by atoms with Gasteiger partial charge in [-0.05, 0) is 44.9 Å². The van der Waals surface area contributed by atoms with E-state index in [1.165, 1.54) is 0 Å². The Balaban J connectivity index is 1.96. The Morgan fingerprint density at radius 2 is 2.00 bits per heavy atom. The number of nitrogens with zero attached hydrogens (tertiary/aromatic N) is 1. The quantitative estimate of drug-likeness (QED) is 0.872. The first-order valence-electron chi connectivity index (χ1n) is 7.23. The highest BCUT2D eigenvalue weighted by Crippen LogP contribution is 2.26. The predicted molar refractivity (Wildman–Crippen MR) is 83.8 cm³/mol. The third-order valence-corrected chi connectivity index (χ3v) is 3.82. The number of likely N-dealkylation sites (tertiary alicyclic amines) is 1. The minimum Gasteiger partial charge on any atom is -0.460 e. The van der Waals surface area contributed by atoms with Crippen LogP contribution in [0.15, 0.2) is 24.3 Å². The van der Waals surface area contributed by atoms with Gasteiger partial charge in [0.25, 0.3) is 0 Å². The lowest BCUT2D eigenvalue weighted by atomic mass is 10.1. The molecule has 0 saturated carbocycles. The molecule has 1 heterocycles. The molecule has 1 aliphatic rings. The topological polar surface area (TPSA) is 55.6 Å². The largest absolute Gasteiger partial charge is 0.460 e. The predicted octanol–water partition coefficient (Wildman–Crippen LogP) is 2.79. The first-order chi connectivity index (χ1) is 9.76. The third kappa shape index (κ3) is 4.43. The molecule has 1 aromatic rings. The fourth-order valence-corrected chi connectivity index (χ4v) is 2.65. The molecule has 0 amide bonds. The van der Waals surface area contributed by atoms with Crippen LogP contribution in [0.5, 0.6) is 0 Å². The summed E-state index contributed by atoms with van der Waals surface area (Å²) < 4.78 is 5.44. The average molecular weight is 311 g/mol. The Hall–Kier alpha value is -1.10. The van der Waals surface area contributed by atoms with Gasteiger partial charge < -0.3 is 10.5 Å². The standard InChI is InChI=1S/C16H23ClN2O2/c1-16(2,3)21-15(20)13-8-9-19(14(13)18)10-11-4-6-12(17)7-5-11/h4-7,13-14H,8-10,18H2,1-3H3. The fourth-order valence-electron chi connectivity index (χ4n) is 2.52. The summed E-state index contributed by atoms with van der Waals surface area (Å²) in [5.41, 5.74) is 6.89. The summed E-state index contributed by atoms with van der Waals surface area (Å²) >= 11 is 5.88.